The van der Waals surface area contributed by atoms with Crippen molar-refractivity contribution in [2.24, 2.45) is 0 Å². The summed E-state index contributed by atoms with van der Waals surface area (Å²) >= 11 is 0. The molecule has 0 heterocycles. The van der Waals surface area contributed by atoms with Gasteiger partial charge in [-0.15, -0.1) is 10.5 Å². The number of ether oxygens (including phenoxy) is 2. The van der Waals surface area contributed by atoms with Crippen molar-refractivity contribution < 1.29 is 9.47 Å². The molecule has 0 fully saturated rings. The van der Waals surface area contributed by atoms with Gasteiger partial charge in [0.2, 0.25) is 0 Å². The summed E-state index contributed by atoms with van der Waals surface area (Å²) in [5, 5.41) is 17.6. The van der Waals surface area contributed by atoms with Crippen molar-refractivity contribution >= 4 is 0 Å². The van der Waals surface area contributed by atoms with E-state index in [1.54, 1.807) is 12.5 Å². The van der Waals surface area contributed by atoms with Gasteiger partial charge in [0.25, 0.3) is 12.5 Å². The highest BCUT2D eigenvalue weighted by atomic mass is 16.5. The molecule has 0 radical (unpaired) electrons. The molecule has 0 spiro atoms. The lowest BCUT2D eigenvalue weighted by Gasteiger charge is -2.28. The zero-order valence-corrected chi connectivity index (χ0v) is 15.5. The highest BCUT2D eigenvalue weighted by molar-refractivity contribution is 5.52. The van der Waals surface area contributed by atoms with Crippen molar-refractivity contribution in [3.05, 3.63) is 57.6 Å². The first-order chi connectivity index (χ1) is 11.7. The van der Waals surface area contributed by atoms with Gasteiger partial charge in [-0.05, 0) is 61.1 Å². The average Bonchev–Trinajstić information content (AvgIpc) is 2.53. The molecule has 0 amide bonds. The van der Waals surface area contributed by atoms with Gasteiger partial charge >= 0.3 is 0 Å². The Morgan fingerprint density at radius 3 is 1.20 bits per heavy atom. The van der Waals surface area contributed by atoms with Crippen LogP contribution in [0.3, 0.4) is 0 Å². The second-order valence-electron chi connectivity index (χ2n) is 6.89. The zero-order valence-electron chi connectivity index (χ0n) is 15.5. The fourth-order valence-electron chi connectivity index (χ4n) is 3.20. The fraction of sp³-hybridized carbons (Fsp3) is 0.333. The first-order valence-corrected chi connectivity index (χ1v) is 8.07. The minimum absolute atomic E-state index is 0.249. The summed E-state index contributed by atoms with van der Waals surface area (Å²) in [5.74, 6) is 1.24. The Morgan fingerprint density at radius 1 is 0.680 bits per heavy atom. The van der Waals surface area contributed by atoms with Crippen molar-refractivity contribution in [3.63, 3.8) is 0 Å². The minimum atomic E-state index is -0.249. The minimum Gasteiger partial charge on any atom is -0.387 e. The molecule has 0 aliphatic carbocycles. The lowest BCUT2D eigenvalue weighted by atomic mass is 9.76. The largest absolute Gasteiger partial charge is 0.387 e. The third kappa shape index (κ3) is 3.44. The Kier molecular flexibility index (Phi) is 5.04. The quantitative estimate of drug-likeness (QED) is 0.741. The number of nitrogens with zero attached hydrogens (tertiary/aromatic N) is 2. The van der Waals surface area contributed by atoms with E-state index in [2.05, 4.69) is 38.1 Å². The molecule has 0 aliphatic heterocycles. The maximum Gasteiger partial charge on any atom is 0.292 e. The summed E-state index contributed by atoms with van der Waals surface area (Å²) in [6.07, 6.45) is 3.50. The first-order valence-electron chi connectivity index (χ1n) is 8.07. The molecule has 25 heavy (non-hydrogen) atoms. The van der Waals surface area contributed by atoms with Gasteiger partial charge in [-0.1, -0.05) is 38.1 Å². The normalized spacial score (nSPS) is 10.7. The molecule has 0 N–H and O–H groups in total. The van der Waals surface area contributed by atoms with E-state index in [9.17, 15) is 0 Å². The molecule has 0 aliphatic rings. The summed E-state index contributed by atoms with van der Waals surface area (Å²) in [6, 6.07) is 8.24. The van der Waals surface area contributed by atoms with Crippen LogP contribution in [-0.4, -0.2) is 0 Å². The van der Waals surface area contributed by atoms with Crippen LogP contribution in [0.1, 0.15) is 47.2 Å². The molecule has 0 unspecified atom stereocenters. The van der Waals surface area contributed by atoms with Crippen LogP contribution in [0.4, 0.5) is 0 Å². The van der Waals surface area contributed by atoms with Gasteiger partial charge in [-0.25, -0.2) is 0 Å². The van der Waals surface area contributed by atoms with E-state index in [0.29, 0.717) is 11.5 Å². The molecule has 128 valence electrons. The highest BCUT2D eigenvalue weighted by Crippen LogP contribution is 2.38. The molecular weight excluding hydrogens is 312 g/mol. The summed E-state index contributed by atoms with van der Waals surface area (Å²) in [7, 11) is 0. The van der Waals surface area contributed by atoms with Crippen LogP contribution in [0.5, 0.6) is 11.5 Å². The topological polar surface area (TPSA) is 66.0 Å². The Bertz CT molecular complexity index is 780. The molecule has 0 atom stereocenters. The van der Waals surface area contributed by atoms with Gasteiger partial charge in [0.1, 0.15) is 11.5 Å². The molecular formula is C21H22N2O2. The van der Waals surface area contributed by atoms with Crippen LogP contribution in [-0.2, 0) is 5.41 Å². The maximum atomic E-state index is 8.80. The second kappa shape index (κ2) is 6.87. The van der Waals surface area contributed by atoms with Crippen molar-refractivity contribution in [2.45, 2.75) is 47.0 Å². The summed E-state index contributed by atoms with van der Waals surface area (Å²) in [6.45, 7) is 12.1. The molecule has 0 saturated carbocycles. The third-order valence-corrected chi connectivity index (χ3v) is 4.66. The molecule has 0 aromatic heterocycles. The van der Waals surface area contributed by atoms with E-state index in [1.165, 1.54) is 0 Å². The molecule has 4 heteroatoms. The highest BCUT2D eigenvalue weighted by Gasteiger charge is 2.26. The van der Waals surface area contributed by atoms with Crippen LogP contribution >= 0.6 is 0 Å². The predicted octanol–water partition coefficient (Wildman–Crippen LogP) is 4.97. The standard InChI is InChI=1S/C21H22N2O2/c1-13-7-17(8-14(2)19(13)24-11-22)21(5,6)18-9-15(3)20(25-12-23)16(4)10-18/h7-10H,1-6H3. The van der Waals surface area contributed by atoms with Crippen molar-refractivity contribution in [1.82, 2.24) is 0 Å². The van der Waals surface area contributed by atoms with Crippen LogP contribution in [0.25, 0.3) is 0 Å². The van der Waals surface area contributed by atoms with Crippen LogP contribution in [0.15, 0.2) is 24.3 Å². The van der Waals surface area contributed by atoms with Gasteiger partial charge in [-0.2, -0.15) is 0 Å². The van der Waals surface area contributed by atoms with Crippen molar-refractivity contribution in [1.29, 1.82) is 10.5 Å². The Hall–Kier alpha value is -2.98. The SMILES string of the molecule is Cc1cc(C(C)(C)c2cc(C)c(OC#N)c(C)c2)cc(C)c1OC#N. The van der Waals surface area contributed by atoms with Gasteiger partial charge in [0.15, 0.2) is 0 Å². The number of hydrogen-bond donors (Lipinski definition) is 0. The molecule has 0 bridgehead atoms. The number of nitriles is 2. The van der Waals surface area contributed by atoms with Gasteiger partial charge in [0, 0.05) is 5.41 Å². The van der Waals surface area contributed by atoms with E-state index in [4.69, 9.17) is 20.0 Å². The zero-order chi connectivity index (χ0) is 18.8. The first kappa shape index (κ1) is 18.4. The number of benzene rings is 2. The number of aryl methyl sites for hydroxylation is 4. The molecule has 0 saturated heterocycles. The van der Waals surface area contributed by atoms with E-state index in [0.717, 1.165) is 33.4 Å². The maximum absolute atomic E-state index is 8.80. The second-order valence-corrected chi connectivity index (χ2v) is 6.89. The van der Waals surface area contributed by atoms with Crippen LogP contribution in [0.2, 0.25) is 0 Å². The lowest BCUT2D eigenvalue weighted by molar-refractivity contribution is 0.496. The summed E-state index contributed by atoms with van der Waals surface area (Å²) in [5.41, 5.74) is 5.76. The van der Waals surface area contributed by atoms with Crippen molar-refractivity contribution in [3.8, 4) is 24.0 Å². The third-order valence-electron chi connectivity index (χ3n) is 4.66. The Morgan fingerprint density at radius 2 is 0.960 bits per heavy atom. The fourth-order valence-corrected chi connectivity index (χ4v) is 3.20. The Labute approximate surface area is 149 Å². The van der Waals surface area contributed by atoms with Gasteiger partial charge in [0.05, 0.1) is 0 Å². The van der Waals surface area contributed by atoms with E-state index in [-0.39, 0.29) is 5.41 Å². The molecule has 2 aromatic carbocycles. The summed E-state index contributed by atoms with van der Waals surface area (Å²) in [4.78, 5) is 0. The number of hydrogen-bond acceptors (Lipinski definition) is 4. The molecule has 4 nitrogen and oxygen atoms in total. The average molecular weight is 334 g/mol. The van der Waals surface area contributed by atoms with Crippen LogP contribution < -0.4 is 9.47 Å². The van der Waals surface area contributed by atoms with E-state index < -0.39 is 0 Å². The smallest absolute Gasteiger partial charge is 0.292 e. The number of rotatable bonds is 4. The van der Waals surface area contributed by atoms with Gasteiger partial charge in [-0.3, -0.25) is 0 Å². The monoisotopic (exact) mass is 334 g/mol. The lowest BCUT2D eigenvalue weighted by Crippen LogP contribution is -2.20. The molecule has 2 aromatic rings. The van der Waals surface area contributed by atoms with E-state index >= 15 is 0 Å². The predicted molar refractivity (Wildman–Crippen MR) is 96.4 cm³/mol. The van der Waals surface area contributed by atoms with Crippen molar-refractivity contribution in [2.75, 3.05) is 0 Å². The Balaban J connectivity index is 2.56. The van der Waals surface area contributed by atoms with E-state index in [1.807, 2.05) is 27.7 Å². The van der Waals surface area contributed by atoms with Crippen LogP contribution in [0, 0.1) is 50.7 Å². The molecule has 2 rings (SSSR count). The summed E-state index contributed by atoms with van der Waals surface area (Å²) < 4.78 is 10.2. The van der Waals surface area contributed by atoms with Gasteiger partial charge < -0.3 is 9.47 Å².